The molecule has 0 unspecified atom stereocenters. The highest BCUT2D eigenvalue weighted by Crippen LogP contribution is 2.27. The van der Waals surface area contributed by atoms with E-state index in [1.54, 1.807) is 31.4 Å². The molecule has 3 nitrogen and oxygen atoms in total. The highest BCUT2D eigenvalue weighted by atomic mass is 16.5. The maximum atomic E-state index is 12.2. The van der Waals surface area contributed by atoms with E-state index in [9.17, 15) is 4.79 Å². The quantitative estimate of drug-likeness (QED) is 0.744. The zero-order chi connectivity index (χ0) is 17.9. The summed E-state index contributed by atoms with van der Waals surface area (Å²) < 4.78 is 10.6. The summed E-state index contributed by atoms with van der Waals surface area (Å²) in [5.41, 5.74) is 5.31. The number of carbonyl (C=O) groups is 1. The first kappa shape index (κ1) is 18.1. The van der Waals surface area contributed by atoms with Crippen LogP contribution in [0.2, 0.25) is 0 Å². The summed E-state index contributed by atoms with van der Waals surface area (Å²) in [5.74, 6) is 0.396. The Morgan fingerprint density at radius 3 is 2.00 bits per heavy atom. The van der Waals surface area contributed by atoms with Crippen molar-refractivity contribution in [3.8, 4) is 5.75 Å². The van der Waals surface area contributed by atoms with Crippen molar-refractivity contribution >= 4 is 5.97 Å². The van der Waals surface area contributed by atoms with Crippen LogP contribution in [0.3, 0.4) is 0 Å². The first-order chi connectivity index (χ1) is 11.2. The van der Waals surface area contributed by atoms with Gasteiger partial charge in [-0.1, -0.05) is 32.9 Å². The predicted octanol–water partition coefficient (Wildman–Crippen LogP) is 4.97. The van der Waals surface area contributed by atoms with Crippen LogP contribution < -0.4 is 4.74 Å². The van der Waals surface area contributed by atoms with E-state index in [4.69, 9.17) is 9.47 Å². The molecular formula is C21H26O3. The molecule has 0 aliphatic carbocycles. The summed E-state index contributed by atoms with van der Waals surface area (Å²) in [5, 5.41) is 0. The van der Waals surface area contributed by atoms with Crippen molar-refractivity contribution in [2.45, 2.75) is 46.6 Å². The lowest BCUT2D eigenvalue weighted by Crippen LogP contribution is -2.13. The van der Waals surface area contributed by atoms with Gasteiger partial charge in [-0.3, -0.25) is 0 Å². The number of ether oxygens (including phenoxy) is 2. The minimum atomic E-state index is -0.323. The average Bonchev–Trinajstić information content (AvgIpc) is 2.53. The van der Waals surface area contributed by atoms with Gasteiger partial charge in [-0.05, 0) is 65.8 Å². The van der Waals surface area contributed by atoms with Crippen molar-refractivity contribution in [2.24, 2.45) is 0 Å². The molecule has 24 heavy (non-hydrogen) atoms. The second-order valence-corrected chi connectivity index (χ2v) is 7.14. The fourth-order valence-corrected chi connectivity index (χ4v) is 2.60. The smallest absolute Gasteiger partial charge is 0.338 e. The lowest BCUT2D eigenvalue weighted by molar-refractivity contribution is 0.0471. The van der Waals surface area contributed by atoms with E-state index in [0.717, 1.165) is 22.4 Å². The van der Waals surface area contributed by atoms with Gasteiger partial charge in [-0.2, -0.15) is 0 Å². The van der Waals surface area contributed by atoms with Crippen LogP contribution in [-0.4, -0.2) is 13.1 Å². The molecule has 0 atom stereocenters. The van der Waals surface area contributed by atoms with Crippen molar-refractivity contribution in [3.63, 3.8) is 0 Å². The van der Waals surface area contributed by atoms with Gasteiger partial charge in [-0.15, -0.1) is 0 Å². The second kappa shape index (κ2) is 7.08. The number of benzene rings is 2. The second-order valence-electron chi connectivity index (χ2n) is 7.14. The van der Waals surface area contributed by atoms with Gasteiger partial charge in [-0.25, -0.2) is 4.79 Å². The Morgan fingerprint density at radius 2 is 1.54 bits per heavy atom. The molecule has 0 saturated carbocycles. The molecule has 3 heteroatoms. The van der Waals surface area contributed by atoms with Gasteiger partial charge in [0.15, 0.2) is 0 Å². The topological polar surface area (TPSA) is 35.5 Å². The lowest BCUT2D eigenvalue weighted by Gasteiger charge is -2.22. The number of methoxy groups -OCH3 is 1. The average molecular weight is 326 g/mol. The molecule has 0 heterocycles. The number of hydrogen-bond donors (Lipinski definition) is 0. The third-order valence-electron chi connectivity index (χ3n) is 4.24. The largest absolute Gasteiger partial charge is 0.497 e. The Hall–Kier alpha value is -2.29. The van der Waals surface area contributed by atoms with Crippen molar-refractivity contribution in [3.05, 3.63) is 64.2 Å². The molecule has 0 amide bonds. The molecule has 0 spiro atoms. The number of hydrogen-bond acceptors (Lipinski definition) is 3. The molecule has 0 bridgehead atoms. The van der Waals surface area contributed by atoms with Gasteiger partial charge in [0.2, 0.25) is 0 Å². The van der Waals surface area contributed by atoms with Crippen LogP contribution in [-0.2, 0) is 16.8 Å². The van der Waals surface area contributed by atoms with Crippen LogP contribution >= 0.6 is 0 Å². The summed E-state index contributed by atoms with van der Waals surface area (Å²) in [7, 11) is 1.60. The summed E-state index contributed by atoms with van der Waals surface area (Å²) in [6.07, 6.45) is 0. The number of aryl methyl sites for hydroxylation is 2. The Kier molecular flexibility index (Phi) is 5.33. The van der Waals surface area contributed by atoms with Crippen molar-refractivity contribution < 1.29 is 14.3 Å². The summed E-state index contributed by atoms with van der Waals surface area (Å²) in [6, 6.07) is 11.3. The fraction of sp³-hybridized carbons (Fsp3) is 0.381. The molecule has 0 fully saturated rings. The summed E-state index contributed by atoms with van der Waals surface area (Å²) in [6.45, 7) is 11.0. The molecule has 0 aliphatic rings. The van der Waals surface area contributed by atoms with Crippen LogP contribution in [0, 0.1) is 13.8 Å². The zero-order valence-electron chi connectivity index (χ0n) is 15.4. The molecule has 0 N–H and O–H groups in total. The Labute approximate surface area is 144 Å². The van der Waals surface area contributed by atoms with Crippen molar-refractivity contribution in [1.82, 2.24) is 0 Å². The molecule has 128 valence electrons. The van der Waals surface area contributed by atoms with E-state index in [1.165, 1.54) is 5.56 Å². The van der Waals surface area contributed by atoms with E-state index >= 15 is 0 Å². The maximum Gasteiger partial charge on any atom is 0.338 e. The highest BCUT2D eigenvalue weighted by Gasteiger charge is 2.17. The Bertz CT molecular complexity index is 699. The molecule has 0 aromatic heterocycles. The van der Waals surface area contributed by atoms with Crippen LogP contribution in [0.5, 0.6) is 5.75 Å². The number of rotatable bonds is 4. The van der Waals surface area contributed by atoms with Gasteiger partial charge in [0.1, 0.15) is 12.4 Å². The van der Waals surface area contributed by atoms with Gasteiger partial charge >= 0.3 is 5.97 Å². The van der Waals surface area contributed by atoms with E-state index in [2.05, 4.69) is 46.8 Å². The van der Waals surface area contributed by atoms with Crippen LogP contribution in [0.15, 0.2) is 36.4 Å². The minimum absolute atomic E-state index is 0.105. The molecule has 2 aromatic carbocycles. The van der Waals surface area contributed by atoms with E-state index < -0.39 is 0 Å². The lowest BCUT2D eigenvalue weighted by atomic mass is 9.84. The Morgan fingerprint density at radius 1 is 1.00 bits per heavy atom. The summed E-state index contributed by atoms with van der Waals surface area (Å²) in [4.78, 5) is 12.2. The van der Waals surface area contributed by atoms with E-state index in [0.29, 0.717) is 5.56 Å². The zero-order valence-corrected chi connectivity index (χ0v) is 15.4. The van der Waals surface area contributed by atoms with Crippen LogP contribution in [0.25, 0.3) is 0 Å². The molecule has 0 saturated heterocycles. The third kappa shape index (κ3) is 4.16. The monoisotopic (exact) mass is 326 g/mol. The van der Waals surface area contributed by atoms with Gasteiger partial charge in [0, 0.05) is 0 Å². The molecule has 0 aliphatic heterocycles. The van der Waals surface area contributed by atoms with Crippen LogP contribution in [0.4, 0.5) is 0 Å². The van der Waals surface area contributed by atoms with Gasteiger partial charge in [0.05, 0.1) is 12.7 Å². The normalized spacial score (nSPS) is 11.2. The first-order valence-electron chi connectivity index (χ1n) is 8.14. The molecular weight excluding hydrogens is 300 g/mol. The predicted molar refractivity (Wildman–Crippen MR) is 96.7 cm³/mol. The standard InChI is InChI=1S/C21H26O3/c1-14-11-17(21(3,4)5)12-15(2)19(14)13-24-20(22)16-7-9-18(23-6)10-8-16/h7-12H,13H2,1-6H3. The third-order valence-corrected chi connectivity index (χ3v) is 4.24. The molecule has 2 rings (SSSR count). The maximum absolute atomic E-state index is 12.2. The van der Waals surface area contributed by atoms with E-state index in [1.807, 2.05) is 0 Å². The minimum Gasteiger partial charge on any atom is -0.497 e. The molecule has 0 radical (unpaired) electrons. The van der Waals surface area contributed by atoms with Crippen LogP contribution in [0.1, 0.15) is 53.4 Å². The highest BCUT2D eigenvalue weighted by molar-refractivity contribution is 5.89. The number of carbonyl (C=O) groups excluding carboxylic acids is 1. The van der Waals surface area contributed by atoms with Gasteiger partial charge < -0.3 is 9.47 Å². The van der Waals surface area contributed by atoms with E-state index in [-0.39, 0.29) is 18.0 Å². The first-order valence-corrected chi connectivity index (χ1v) is 8.14. The van der Waals surface area contributed by atoms with Crippen molar-refractivity contribution in [1.29, 1.82) is 0 Å². The fourth-order valence-electron chi connectivity index (χ4n) is 2.60. The Balaban J connectivity index is 2.12. The van der Waals surface area contributed by atoms with Gasteiger partial charge in [0.25, 0.3) is 0 Å². The number of esters is 1. The van der Waals surface area contributed by atoms with Crippen molar-refractivity contribution in [2.75, 3.05) is 7.11 Å². The SMILES string of the molecule is COc1ccc(C(=O)OCc2c(C)cc(C(C)(C)C)cc2C)cc1. The molecule has 2 aromatic rings. The summed E-state index contributed by atoms with van der Waals surface area (Å²) >= 11 is 0.